The molecule has 2 heterocycles. The van der Waals surface area contributed by atoms with Gasteiger partial charge in [0, 0.05) is 18.1 Å². The Hall–Kier alpha value is -2.72. The second kappa shape index (κ2) is 8.31. The van der Waals surface area contributed by atoms with Gasteiger partial charge in [0.2, 0.25) is 5.91 Å². The van der Waals surface area contributed by atoms with Gasteiger partial charge in [-0.15, -0.1) is 0 Å². The number of aromatic nitrogens is 1. The molecule has 0 saturated carbocycles. The van der Waals surface area contributed by atoms with Crippen LogP contribution in [0.25, 0.3) is 10.9 Å². The van der Waals surface area contributed by atoms with Gasteiger partial charge < -0.3 is 5.32 Å². The van der Waals surface area contributed by atoms with Gasteiger partial charge in [-0.25, -0.2) is 0 Å². The SMILES string of the molecule is O=C(Cc1cccc2cccnc12)NCC(c1ccccc1)N1CCCC1. The number of rotatable bonds is 6. The van der Waals surface area contributed by atoms with E-state index in [1.807, 2.05) is 36.4 Å². The largest absolute Gasteiger partial charge is 0.354 e. The summed E-state index contributed by atoms with van der Waals surface area (Å²) in [5, 5.41) is 4.23. The molecule has 1 saturated heterocycles. The van der Waals surface area contributed by atoms with E-state index in [0.717, 1.165) is 29.6 Å². The number of carbonyl (C=O) groups is 1. The molecule has 0 aliphatic carbocycles. The molecule has 1 amide bonds. The zero-order chi connectivity index (χ0) is 18.5. The molecule has 2 aromatic carbocycles. The lowest BCUT2D eigenvalue weighted by atomic mass is 10.0. The summed E-state index contributed by atoms with van der Waals surface area (Å²) in [7, 11) is 0. The molecule has 1 unspecified atom stereocenters. The minimum atomic E-state index is 0.0493. The molecule has 1 aliphatic rings. The summed E-state index contributed by atoms with van der Waals surface area (Å²) < 4.78 is 0. The molecule has 1 atom stereocenters. The van der Waals surface area contributed by atoms with E-state index in [9.17, 15) is 4.79 Å². The third-order valence-electron chi connectivity index (χ3n) is 5.33. The minimum Gasteiger partial charge on any atom is -0.354 e. The van der Waals surface area contributed by atoms with Gasteiger partial charge in [0.25, 0.3) is 0 Å². The Bertz CT molecular complexity index is 898. The average molecular weight is 359 g/mol. The van der Waals surface area contributed by atoms with Crippen LogP contribution >= 0.6 is 0 Å². The molecule has 0 radical (unpaired) electrons. The van der Waals surface area contributed by atoms with Crippen LogP contribution in [0.5, 0.6) is 0 Å². The fourth-order valence-electron chi connectivity index (χ4n) is 3.94. The van der Waals surface area contributed by atoms with Gasteiger partial charge in [-0.3, -0.25) is 14.7 Å². The van der Waals surface area contributed by atoms with Crippen molar-refractivity contribution >= 4 is 16.8 Å². The topological polar surface area (TPSA) is 45.2 Å². The van der Waals surface area contributed by atoms with Crippen molar-refractivity contribution in [2.24, 2.45) is 0 Å². The van der Waals surface area contributed by atoms with Crippen LogP contribution in [0.15, 0.2) is 66.9 Å². The summed E-state index contributed by atoms with van der Waals surface area (Å²) in [6.45, 7) is 2.84. The highest BCUT2D eigenvalue weighted by molar-refractivity contribution is 5.87. The van der Waals surface area contributed by atoms with Gasteiger partial charge in [-0.2, -0.15) is 0 Å². The Kier molecular flexibility index (Phi) is 5.45. The molecule has 27 heavy (non-hydrogen) atoms. The summed E-state index contributed by atoms with van der Waals surface area (Å²) in [5.41, 5.74) is 3.16. The predicted molar refractivity (Wildman–Crippen MR) is 108 cm³/mol. The normalized spacial score (nSPS) is 15.7. The Balaban J connectivity index is 1.45. The molecule has 1 aromatic heterocycles. The van der Waals surface area contributed by atoms with Gasteiger partial charge >= 0.3 is 0 Å². The number of likely N-dealkylation sites (tertiary alicyclic amines) is 1. The lowest BCUT2D eigenvalue weighted by molar-refractivity contribution is -0.120. The number of nitrogens with zero attached hydrogens (tertiary/aromatic N) is 2. The molecule has 138 valence electrons. The van der Waals surface area contributed by atoms with Crippen LogP contribution in [-0.2, 0) is 11.2 Å². The van der Waals surface area contributed by atoms with E-state index < -0.39 is 0 Å². The van der Waals surface area contributed by atoms with Gasteiger partial charge in [0.05, 0.1) is 18.0 Å². The molecule has 4 nitrogen and oxygen atoms in total. The quantitative estimate of drug-likeness (QED) is 0.729. The Morgan fingerprint density at radius 2 is 1.78 bits per heavy atom. The van der Waals surface area contributed by atoms with Crippen molar-refractivity contribution in [3.8, 4) is 0 Å². The third-order valence-corrected chi connectivity index (χ3v) is 5.33. The van der Waals surface area contributed by atoms with Crippen LogP contribution in [0.1, 0.15) is 30.0 Å². The number of pyridine rings is 1. The lowest BCUT2D eigenvalue weighted by Gasteiger charge is -2.28. The summed E-state index contributed by atoms with van der Waals surface area (Å²) in [6, 6.07) is 20.7. The number of fused-ring (bicyclic) bond motifs is 1. The third kappa shape index (κ3) is 4.17. The van der Waals surface area contributed by atoms with Crippen molar-refractivity contribution in [2.75, 3.05) is 19.6 Å². The van der Waals surface area contributed by atoms with Gasteiger partial charge in [-0.1, -0.05) is 54.6 Å². The first kappa shape index (κ1) is 17.7. The second-order valence-corrected chi connectivity index (χ2v) is 7.14. The predicted octanol–water partition coefficient (Wildman–Crippen LogP) is 3.73. The monoisotopic (exact) mass is 359 g/mol. The highest BCUT2D eigenvalue weighted by atomic mass is 16.1. The summed E-state index contributed by atoms with van der Waals surface area (Å²) in [6.07, 6.45) is 4.61. The summed E-state index contributed by atoms with van der Waals surface area (Å²) >= 11 is 0. The van der Waals surface area contributed by atoms with E-state index in [0.29, 0.717) is 13.0 Å². The maximum atomic E-state index is 12.6. The van der Waals surface area contributed by atoms with E-state index in [1.54, 1.807) is 6.20 Å². The molecule has 1 fully saturated rings. The van der Waals surface area contributed by atoms with Crippen molar-refractivity contribution in [1.29, 1.82) is 0 Å². The van der Waals surface area contributed by atoms with E-state index in [-0.39, 0.29) is 11.9 Å². The number of benzene rings is 2. The molecule has 3 aromatic rings. The second-order valence-electron chi connectivity index (χ2n) is 7.14. The van der Waals surface area contributed by atoms with Crippen molar-refractivity contribution in [3.05, 3.63) is 78.0 Å². The summed E-state index contributed by atoms with van der Waals surface area (Å²) in [4.78, 5) is 19.6. The van der Waals surface area contributed by atoms with E-state index in [2.05, 4.69) is 39.5 Å². The molecular weight excluding hydrogens is 334 g/mol. The molecule has 0 bridgehead atoms. The molecule has 4 heteroatoms. The van der Waals surface area contributed by atoms with Gasteiger partial charge in [0.1, 0.15) is 0 Å². The maximum Gasteiger partial charge on any atom is 0.224 e. The maximum absolute atomic E-state index is 12.6. The van der Waals surface area contributed by atoms with Crippen LogP contribution in [0.2, 0.25) is 0 Å². The number of para-hydroxylation sites is 1. The lowest BCUT2D eigenvalue weighted by Crippen LogP contribution is -2.37. The standard InChI is InChI=1S/C23H25N3O/c27-22(16-20-11-6-10-19-12-7-13-24-23(19)20)25-17-21(26-14-4-5-15-26)18-8-2-1-3-9-18/h1-3,6-13,21H,4-5,14-17H2,(H,25,27). The number of amides is 1. The zero-order valence-electron chi connectivity index (χ0n) is 15.5. The molecule has 1 aliphatic heterocycles. The smallest absolute Gasteiger partial charge is 0.224 e. The fraction of sp³-hybridized carbons (Fsp3) is 0.304. The average Bonchev–Trinajstić information content (AvgIpc) is 3.24. The Labute approximate surface area is 160 Å². The van der Waals surface area contributed by atoms with Crippen molar-refractivity contribution < 1.29 is 4.79 Å². The van der Waals surface area contributed by atoms with Crippen molar-refractivity contribution in [3.63, 3.8) is 0 Å². The first-order valence-corrected chi connectivity index (χ1v) is 9.69. The number of hydrogen-bond donors (Lipinski definition) is 1. The van der Waals surface area contributed by atoms with Crippen LogP contribution < -0.4 is 5.32 Å². The molecule has 1 N–H and O–H groups in total. The van der Waals surface area contributed by atoms with Crippen molar-refractivity contribution in [1.82, 2.24) is 15.2 Å². The Morgan fingerprint density at radius 1 is 1.00 bits per heavy atom. The molecular formula is C23H25N3O. The van der Waals surface area contributed by atoms with E-state index >= 15 is 0 Å². The highest BCUT2D eigenvalue weighted by Gasteiger charge is 2.23. The number of hydrogen-bond acceptors (Lipinski definition) is 3. The van der Waals surface area contributed by atoms with E-state index in [4.69, 9.17) is 0 Å². The fourth-order valence-corrected chi connectivity index (χ4v) is 3.94. The molecule has 4 rings (SSSR count). The van der Waals surface area contributed by atoms with Gasteiger partial charge in [0.15, 0.2) is 0 Å². The summed E-state index contributed by atoms with van der Waals surface area (Å²) in [5.74, 6) is 0.0493. The van der Waals surface area contributed by atoms with Gasteiger partial charge in [-0.05, 0) is 43.1 Å². The zero-order valence-corrected chi connectivity index (χ0v) is 15.5. The Morgan fingerprint density at radius 3 is 2.59 bits per heavy atom. The van der Waals surface area contributed by atoms with Crippen molar-refractivity contribution in [2.45, 2.75) is 25.3 Å². The molecule has 0 spiro atoms. The number of carbonyl (C=O) groups excluding carboxylic acids is 1. The minimum absolute atomic E-state index is 0.0493. The van der Waals surface area contributed by atoms with Crippen LogP contribution in [0.4, 0.5) is 0 Å². The first-order chi connectivity index (χ1) is 13.3. The first-order valence-electron chi connectivity index (χ1n) is 9.69. The van der Waals surface area contributed by atoms with Crippen LogP contribution in [-0.4, -0.2) is 35.4 Å². The van der Waals surface area contributed by atoms with Crippen LogP contribution in [0.3, 0.4) is 0 Å². The van der Waals surface area contributed by atoms with Crippen LogP contribution in [0, 0.1) is 0 Å². The number of nitrogens with one attached hydrogen (secondary N) is 1. The van der Waals surface area contributed by atoms with E-state index in [1.165, 1.54) is 18.4 Å². The highest BCUT2D eigenvalue weighted by Crippen LogP contribution is 2.24.